The summed E-state index contributed by atoms with van der Waals surface area (Å²) in [4.78, 5) is 12.0. The van der Waals surface area contributed by atoms with Crippen molar-refractivity contribution in [1.82, 2.24) is 0 Å². The van der Waals surface area contributed by atoms with Crippen LogP contribution in [0.2, 0.25) is 0 Å². The predicted octanol–water partition coefficient (Wildman–Crippen LogP) is 4.85. The van der Waals surface area contributed by atoms with E-state index in [-0.39, 0.29) is 5.63 Å². The molecule has 1 N–H and O–H groups in total. The van der Waals surface area contributed by atoms with E-state index in [1.165, 1.54) is 12.5 Å². The van der Waals surface area contributed by atoms with Gasteiger partial charge < -0.3 is 23.9 Å². The van der Waals surface area contributed by atoms with Gasteiger partial charge in [0, 0.05) is 48.7 Å². The van der Waals surface area contributed by atoms with Crippen LogP contribution in [-0.4, -0.2) is 12.9 Å². The third-order valence-electron chi connectivity index (χ3n) is 5.67. The van der Waals surface area contributed by atoms with Crippen LogP contribution in [-0.2, 0) is 6.54 Å². The van der Waals surface area contributed by atoms with Gasteiger partial charge in [-0.15, -0.1) is 0 Å². The number of rotatable bonds is 4. The third-order valence-corrected chi connectivity index (χ3v) is 5.67. The first-order chi connectivity index (χ1) is 14.1. The van der Waals surface area contributed by atoms with E-state index in [0.717, 1.165) is 53.8 Å². The third kappa shape index (κ3) is 3.39. The number of benzene rings is 2. The van der Waals surface area contributed by atoms with E-state index in [9.17, 15) is 4.79 Å². The van der Waals surface area contributed by atoms with Gasteiger partial charge in [-0.1, -0.05) is 6.42 Å². The van der Waals surface area contributed by atoms with Crippen LogP contribution in [0.3, 0.4) is 0 Å². The lowest BCUT2D eigenvalue weighted by Gasteiger charge is -2.31. The van der Waals surface area contributed by atoms with Crippen molar-refractivity contribution in [2.75, 3.05) is 12.4 Å². The van der Waals surface area contributed by atoms with Crippen LogP contribution in [0.5, 0.6) is 17.2 Å². The van der Waals surface area contributed by atoms with Gasteiger partial charge in [-0.25, -0.2) is 4.79 Å². The first kappa shape index (κ1) is 17.9. The molecule has 0 atom stereocenters. The van der Waals surface area contributed by atoms with Crippen molar-refractivity contribution in [2.45, 2.75) is 44.4 Å². The Morgan fingerprint density at radius 2 is 1.83 bits per heavy atom. The standard InChI is InChI=1S/C23H23NO5/c1-26-17-6-7-18-15(11-22(25)27-20(18)13-17)14-24-16-5-8-19-21(12-16)29-23(28-19)9-3-2-4-10-23/h5-8,11-13,24H,2-4,9-10,14H2,1H3. The molecule has 6 heteroatoms. The highest BCUT2D eigenvalue weighted by Crippen LogP contribution is 2.46. The number of methoxy groups -OCH3 is 1. The van der Waals surface area contributed by atoms with Gasteiger partial charge in [-0.05, 0) is 42.7 Å². The molecule has 2 aliphatic rings. The Balaban J connectivity index is 1.36. The molecule has 1 aliphatic carbocycles. The molecule has 6 nitrogen and oxygen atoms in total. The second-order valence-electron chi connectivity index (χ2n) is 7.64. The summed E-state index contributed by atoms with van der Waals surface area (Å²) < 4.78 is 22.9. The lowest BCUT2D eigenvalue weighted by Crippen LogP contribution is -2.40. The molecule has 150 valence electrons. The summed E-state index contributed by atoms with van der Waals surface area (Å²) in [5.41, 5.74) is 1.90. The van der Waals surface area contributed by atoms with Gasteiger partial charge in [0.15, 0.2) is 11.5 Å². The summed E-state index contributed by atoms with van der Waals surface area (Å²) in [6.45, 7) is 0.485. The van der Waals surface area contributed by atoms with Crippen LogP contribution in [0.4, 0.5) is 5.69 Å². The largest absolute Gasteiger partial charge is 0.497 e. The minimum absolute atomic E-state index is 0.382. The zero-order chi connectivity index (χ0) is 19.8. The van der Waals surface area contributed by atoms with Crippen LogP contribution < -0.4 is 25.2 Å². The van der Waals surface area contributed by atoms with Crippen molar-refractivity contribution in [3.05, 3.63) is 58.4 Å². The van der Waals surface area contributed by atoms with E-state index in [1.54, 1.807) is 13.2 Å². The second kappa shape index (κ2) is 7.03. The van der Waals surface area contributed by atoms with Crippen LogP contribution in [0.1, 0.15) is 37.7 Å². The van der Waals surface area contributed by atoms with Crippen molar-refractivity contribution in [1.29, 1.82) is 0 Å². The topological polar surface area (TPSA) is 69.9 Å². The highest BCUT2D eigenvalue weighted by Gasteiger charge is 2.42. The number of ether oxygens (including phenoxy) is 3. The van der Waals surface area contributed by atoms with Crippen molar-refractivity contribution in [3.63, 3.8) is 0 Å². The SMILES string of the molecule is COc1ccc2c(CNc3ccc4c(c3)OC3(CCCCC3)O4)cc(=O)oc2c1. The number of nitrogens with one attached hydrogen (secondary N) is 1. The van der Waals surface area contributed by atoms with E-state index >= 15 is 0 Å². The average molecular weight is 393 g/mol. The number of hydrogen-bond acceptors (Lipinski definition) is 6. The molecule has 0 unspecified atom stereocenters. The van der Waals surface area contributed by atoms with E-state index in [0.29, 0.717) is 17.9 Å². The average Bonchev–Trinajstić information content (AvgIpc) is 3.08. The molecular weight excluding hydrogens is 370 g/mol. The van der Waals surface area contributed by atoms with Crippen LogP contribution in [0.15, 0.2) is 51.7 Å². The zero-order valence-electron chi connectivity index (χ0n) is 16.3. The van der Waals surface area contributed by atoms with Gasteiger partial charge in [0.05, 0.1) is 7.11 Å². The van der Waals surface area contributed by atoms with E-state index in [4.69, 9.17) is 18.6 Å². The molecule has 29 heavy (non-hydrogen) atoms. The molecule has 0 saturated heterocycles. The molecule has 1 aliphatic heterocycles. The maximum absolute atomic E-state index is 12.0. The van der Waals surface area contributed by atoms with Gasteiger partial charge in [-0.2, -0.15) is 0 Å². The van der Waals surface area contributed by atoms with Crippen LogP contribution >= 0.6 is 0 Å². The summed E-state index contributed by atoms with van der Waals surface area (Å²) in [5.74, 6) is 1.75. The molecule has 2 heterocycles. The van der Waals surface area contributed by atoms with Crippen LogP contribution in [0, 0.1) is 0 Å². The Morgan fingerprint density at radius 1 is 1.00 bits per heavy atom. The fraction of sp³-hybridized carbons (Fsp3) is 0.348. The summed E-state index contributed by atoms with van der Waals surface area (Å²) in [6.07, 6.45) is 5.36. The first-order valence-electron chi connectivity index (χ1n) is 10.0. The minimum Gasteiger partial charge on any atom is -0.497 e. The summed E-state index contributed by atoms with van der Waals surface area (Å²) in [7, 11) is 1.59. The monoisotopic (exact) mass is 393 g/mol. The molecule has 3 aromatic rings. The Labute approximate surface area is 168 Å². The van der Waals surface area contributed by atoms with Gasteiger partial charge in [-0.3, -0.25) is 0 Å². The van der Waals surface area contributed by atoms with Crippen molar-refractivity contribution in [3.8, 4) is 17.2 Å². The molecule has 1 fully saturated rings. The highest BCUT2D eigenvalue weighted by molar-refractivity contribution is 5.81. The molecule has 0 bridgehead atoms. The second-order valence-corrected chi connectivity index (χ2v) is 7.64. The summed E-state index contributed by atoms with van der Waals surface area (Å²) in [5, 5.41) is 4.26. The Bertz CT molecular complexity index is 1110. The van der Waals surface area contributed by atoms with Gasteiger partial charge in [0.2, 0.25) is 0 Å². The number of fused-ring (bicyclic) bond motifs is 2. The van der Waals surface area contributed by atoms with Gasteiger partial charge in [0.25, 0.3) is 5.79 Å². The molecule has 0 amide bonds. The van der Waals surface area contributed by atoms with E-state index in [2.05, 4.69) is 5.32 Å². The van der Waals surface area contributed by atoms with Gasteiger partial charge in [0.1, 0.15) is 11.3 Å². The molecule has 2 aromatic carbocycles. The fourth-order valence-electron chi connectivity index (χ4n) is 4.18. The summed E-state index contributed by atoms with van der Waals surface area (Å²) >= 11 is 0. The summed E-state index contributed by atoms with van der Waals surface area (Å²) in [6, 6.07) is 12.9. The fourth-order valence-corrected chi connectivity index (χ4v) is 4.18. The van der Waals surface area contributed by atoms with E-state index < -0.39 is 5.79 Å². The molecular formula is C23H23NO5. The normalized spacial score (nSPS) is 16.9. The van der Waals surface area contributed by atoms with Crippen molar-refractivity contribution < 1.29 is 18.6 Å². The molecule has 1 saturated carbocycles. The van der Waals surface area contributed by atoms with Gasteiger partial charge >= 0.3 is 5.63 Å². The zero-order valence-corrected chi connectivity index (χ0v) is 16.3. The smallest absolute Gasteiger partial charge is 0.336 e. The first-order valence-corrected chi connectivity index (χ1v) is 10.0. The maximum atomic E-state index is 12.0. The lowest BCUT2D eigenvalue weighted by atomic mass is 9.94. The minimum atomic E-state index is -0.479. The highest BCUT2D eigenvalue weighted by atomic mass is 16.7. The Morgan fingerprint density at radius 3 is 2.66 bits per heavy atom. The molecule has 5 rings (SSSR count). The Hall–Kier alpha value is -3.15. The molecule has 1 aromatic heterocycles. The number of hydrogen-bond donors (Lipinski definition) is 1. The number of anilines is 1. The van der Waals surface area contributed by atoms with Crippen molar-refractivity contribution >= 4 is 16.7 Å². The predicted molar refractivity (Wildman–Crippen MR) is 110 cm³/mol. The molecule has 0 radical (unpaired) electrons. The quantitative estimate of drug-likeness (QED) is 0.639. The van der Waals surface area contributed by atoms with Crippen molar-refractivity contribution in [2.24, 2.45) is 0 Å². The molecule has 1 spiro atoms. The maximum Gasteiger partial charge on any atom is 0.336 e. The van der Waals surface area contributed by atoms with E-state index in [1.807, 2.05) is 30.3 Å². The van der Waals surface area contributed by atoms with Crippen LogP contribution in [0.25, 0.3) is 11.0 Å². The lowest BCUT2D eigenvalue weighted by molar-refractivity contribution is -0.105. The Kier molecular flexibility index (Phi) is 4.34.